The Labute approximate surface area is 84.3 Å². The molecule has 0 fully saturated rings. The van der Waals surface area contributed by atoms with Crippen molar-refractivity contribution in [2.75, 3.05) is 33.9 Å². The number of likely N-dealkylation sites (N-methyl/N-ethyl adjacent to an activating group) is 1. The average Bonchev–Trinajstić information content (AvgIpc) is 2.14. The standard InChI is InChI=1S/C9H19NO4/c1-10(6-8(12)7-14-2)9(13)4-3-5-11/h8,11-12H,3-7H2,1-2H3. The smallest absolute Gasteiger partial charge is 0.222 e. The first-order valence-electron chi connectivity index (χ1n) is 4.63. The number of carbonyl (C=O) groups excluding carboxylic acids is 1. The fourth-order valence-corrected chi connectivity index (χ4v) is 1.08. The van der Waals surface area contributed by atoms with Gasteiger partial charge in [0.15, 0.2) is 0 Å². The summed E-state index contributed by atoms with van der Waals surface area (Å²) in [7, 11) is 3.12. The van der Waals surface area contributed by atoms with Gasteiger partial charge in [-0.25, -0.2) is 0 Å². The molecule has 0 aromatic rings. The van der Waals surface area contributed by atoms with Crippen molar-refractivity contribution >= 4 is 5.91 Å². The summed E-state index contributed by atoms with van der Waals surface area (Å²) in [5.74, 6) is -0.0748. The Bertz CT molecular complexity index is 163. The summed E-state index contributed by atoms with van der Waals surface area (Å²) in [6, 6.07) is 0. The number of nitrogens with zero attached hydrogens (tertiary/aromatic N) is 1. The van der Waals surface area contributed by atoms with Crippen molar-refractivity contribution in [2.45, 2.75) is 18.9 Å². The molecule has 84 valence electrons. The van der Waals surface area contributed by atoms with Crippen LogP contribution in [0.3, 0.4) is 0 Å². The molecule has 0 aromatic carbocycles. The van der Waals surface area contributed by atoms with Crippen LogP contribution in [0.25, 0.3) is 0 Å². The predicted octanol–water partition coefficient (Wildman–Crippen LogP) is -0.775. The van der Waals surface area contributed by atoms with Crippen molar-refractivity contribution in [3.63, 3.8) is 0 Å². The van der Waals surface area contributed by atoms with E-state index in [4.69, 9.17) is 9.84 Å². The highest BCUT2D eigenvalue weighted by molar-refractivity contribution is 5.75. The van der Waals surface area contributed by atoms with Crippen molar-refractivity contribution in [1.82, 2.24) is 4.90 Å². The highest BCUT2D eigenvalue weighted by Crippen LogP contribution is 1.97. The van der Waals surface area contributed by atoms with Crippen LogP contribution in [0.2, 0.25) is 0 Å². The van der Waals surface area contributed by atoms with Gasteiger partial charge in [0.25, 0.3) is 0 Å². The number of hydrogen-bond donors (Lipinski definition) is 2. The number of hydrogen-bond acceptors (Lipinski definition) is 4. The third-order valence-corrected chi connectivity index (χ3v) is 1.82. The summed E-state index contributed by atoms with van der Waals surface area (Å²) in [6.07, 6.45) is 0.124. The first kappa shape index (κ1) is 13.4. The second-order valence-corrected chi connectivity index (χ2v) is 3.21. The molecule has 1 amide bonds. The number of aliphatic hydroxyl groups excluding tert-OH is 2. The summed E-state index contributed by atoms with van der Waals surface area (Å²) in [5.41, 5.74) is 0. The lowest BCUT2D eigenvalue weighted by molar-refractivity contribution is -0.131. The van der Waals surface area contributed by atoms with E-state index < -0.39 is 6.10 Å². The molecule has 14 heavy (non-hydrogen) atoms. The SMILES string of the molecule is COCC(O)CN(C)C(=O)CCCO. The van der Waals surface area contributed by atoms with Gasteiger partial charge in [-0.1, -0.05) is 0 Å². The maximum absolute atomic E-state index is 11.3. The molecule has 0 aliphatic heterocycles. The third-order valence-electron chi connectivity index (χ3n) is 1.82. The van der Waals surface area contributed by atoms with Crippen LogP contribution < -0.4 is 0 Å². The third kappa shape index (κ3) is 5.90. The van der Waals surface area contributed by atoms with Crippen LogP contribution in [0.1, 0.15) is 12.8 Å². The Balaban J connectivity index is 3.70. The second-order valence-electron chi connectivity index (χ2n) is 3.21. The monoisotopic (exact) mass is 205 g/mol. The van der Waals surface area contributed by atoms with Gasteiger partial charge >= 0.3 is 0 Å². The van der Waals surface area contributed by atoms with E-state index in [2.05, 4.69) is 0 Å². The Kier molecular flexibility index (Phi) is 7.37. The molecular weight excluding hydrogens is 186 g/mol. The lowest BCUT2D eigenvalue weighted by Crippen LogP contribution is -2.36. The number of methoxy groups -OCH3 is 1. The van der Waals surface area contributed by atoms with E-state index in [0.29, 0.717) is 12.8 Å². The van der Waals surface area contributed by atoms with Crippen molar-refractivity contribution in [3.05, 3.63) is 0 Å². The van der Waals surface area contributed by atoms with E-state index in [1.54, 1.807) is 7.05 Å². The molecular formula is C9H19NO4. The molecule has 0 saturated heterocycles. The topological polar surface area (TPSA) is 70.0 Å². The van der Waals surface area contributed by atoms with E-state index in [-0.39, 0.29) is 25.7 Å². The zero-order valence-electron chi connectivity index (χ0n) is 8.77. The highest BCUT2D eigenvalue weighted by atomic mass is 16.5. The van der Waals surface area contributed by atoms with E-state index in [1.165, 1.54) is 12.0 Å². The van der Waals surface area contributed by atoms with Gasteiger partial charge in [0.05, 0.1) is 12.7 Å². The van der Waals surface area contributed by atoms with Crippen LogP contribution in [-0.4, -0.2) is 61.0 Å². The first-order chi connectivity index (χ1) is 6.61. The summed E-state index contributed by atoms with van der Waals surface area (Å²) in [4.78, 5) is 12.7. The summed E-state index contributed by atoms with van der Waals surface area (Å²) < 4.78 is 4.74. The van der Waals surface area contributed by atoms with Gasteiger partial charge in [-0.05, 0) is 6.42 Å². The maximum Gasteiger partial charge on any atom is 0.222 e. The molecule has 0 aromatic heterocycles. The first-order valence-corrected chi connectivity index (χ1v) is 4.63. The van der Waals surface area contributed by atoms with Gasteiger partial charge in [-0.3, -0.25) is 4.79 Å². The fraction of sp³-hybridized carbons (Fsp3) is 0.889. The summed E-state index contributed by atoms with van der Waals surface area (Å²) in [6.45, 7) is 0.496. The van der Waals surface area contributed by atoms with E-state index >= 15 is 0 Å². The Hall–Kier alpha value is -0.650. The molecule has 1 unspecified atom stereocenters. The Morgan fingerprint density at radius 3 is 2.71 bits per heavy atom. The minimum absolute atomic E-state index is 0.0141. The molecule has 1 atom stereocenters. The fourth-order valence-electron chi connectivity index (χ4n) is 1.08. The van der Waals surface area contributed by atoms with Gasteiger partial charge < -0.3 is 19.8 Å². The lowest BCUT2D eigenvalue weighted by Gasteiger charge is -2.20. The molecule has 2 N–H and O–H groups in total. The predicted molar refractivity (Wildman–Crippen MR) is 51.8 cm³/mol. The quantitative estimate of drug-likeness (QED) is 0.572. The van der Waals surface area contributed by atoms with E-state index in [9.17, 15) is 9.90 Å². The van der Waals surface area contributed by atoms with Gasteiger partial charge in [0, 0.05) is 33.7 Å². The molecule has 5 heteroatoms. The zero-order valence-corrected chi connectivity index (χ0v) is 8.77. The normalized spacial score (nSPS) is 12.6. The minimum Gasteiger partial charge on any atom is -0.396 e. The van der Waals surface area contributed by atoms with Crippen LogP contribution in [0.15, 0.2) is 0 Å². The number of ether oxygens (including phenoxy) is 1. The molecule has 0 bridgehead atoms. The average molecular weight is 205 g/mol. The second kappa shape index (κ2) is 7.73. The molecule has 0 heterocycles. The van der Waals surface area contributed by atoms with Crippen molar-refractivity contribution in [3.8, 4) is 0 Å². The van der Waals surface area contributed by atoms with Gasteiger partial charge in [0.1, 0.15) is 0 Å². The van der Waals surface area contributed by atoms with Crippen LogP contribution >= 0.6 is 0 Å². The number of rotatable bonds is 7. The lowest BCUT2D eigenvalue weighted by atomic mass is 10.2. The molecule has 0 aliphatic rings. The van der Waals surface area contributed by atoms with Crippen molar-refractivity contribution in [1.29, 1.82) is 0 Å². The largest absolute Gasteiger partial charge is 0.396 e. The van der Waals surface area contributed by atoms with Crippen LogP contribution in [0, 0.1) is 0 Å². The van der Waals surface area contributed by atoms with Crippen LogP contribution in [0.5, 0.6) is 0 Å². The number of carbonyl (C=O) groups is 1. The summed E-state index contributed by atoms with van der Waals surface area (Å²) in [5, 5.41) is 17.8. The highest BCUT2D eigenvalue weighted by Gasteiger charge is 2.12. The van der Waals surface area contributed by atoms with Crippen LogP contribution in [-0.2, 0) is 9.53 Å². The van der Waals surface area contributed by atoms with Gasteiger partial charge in [0.2, 0.25) is 5.91 Å². The minimum atomic E-state index is -0.650. The van der Waals surface area contributed by atoms with Crippen LogP contribution in [0.4, 0.5) is 0 Å². The number of amides is 1. The summed E-state index contributed by atoms with van der Waals surface area (Å²) >= 11 is 0. The molecule has 0 aliphatic carbocycles. The van der Waals surface area contributed by atoms with E-state index in [1.807, 2.05) is 0 Å². The molecule has 0 rings (SSSR count). The zero-order chi connectivity index (χ0) is 11.0. The Morgan fingerprint density at radius 2 is 2.21 bits per heavy atom. The van der Waals surface area contributed by atoms with Crippen molar-refractivity contribution < 1.29 is 19.7 Å². The van der Waals surface area contributed by atoms with Gasteiger partial charge in [-0.15, -0.1) is 0 Å². The van der Waals surface area contributed by atoms with E-state index in [0.717, 1.165) is 0 Å². The maximum atomic E-state index is 11.3. The van der Waals surface area contributed by atoms with Gasteiger partial charge in [-0.2, -0.15) is 0 Å². The molecule has 5 nitrogen and oxygen atoms in total. The molecule has 0 spiro atoms. The molecule has 0 radical (unpaired) electrons. The van der Waals surface area contributed by atoms with Crippen molar-refractivity contribution in [2.24, 2.45) is 0 Å². The Morgan fingerprint density at radius 1 is 1.57 bits per heavy atom. The number of aliphatic hydroxyl groups is 2. The molecule has 0 saturated carbocycles.